The topological polar surface area (TPSA) is 117 Å². The Bertz CT molecular complexity index is 747. The third-order valence-corrected chi connectivity index (χ3v) is 4.52. The van der Waals surface area contributed by atoms with Gasteiger partial charge in [0.15, 0.2) is 0 Å². The molecule has 0 atom stereocenters. The van der Waals surface area contributed by atoms with E-state index in [1.807, 2.05) is 0 Å². The van der Waals surface area contributed by atoms with E-state index in [1.165, 1.54) is 12.4 Å². The third-order valence-electron chi connectivity index (χ3n) is 2.87. The normalized spacial score (nSPS) is 11.4. The predicted molar refractivity (Wildman–Crippen MR) is 75.6 cm³/mol. The molecule has 0 fully saturated rings. The molecule has 0 aliphatic heterocycles. The molecule has 0 aliphatic rings. The van der Waals surface area contributed by atoms with Crippen LogP contribution in [0.25, 0.3) is 0 Å². The first-order valence-corrected chi connectivity index (χ1v) is 7.73. The van der Waals surface area contributed by atoms with Gasteiger partial charge in [-0.05, 0) is 20.8 Å². The second kappa shape index (κ2) is 5.60. The fourth-order valence-electron chi connectivity index (χ4n) is 2.06. The molecule has 21 heavy (non-hydrogen) atoms. The van der Waals surface area contributed by atoms with Gasteiger partial charge < -0.3 is 9.72 Å². The van der Waals surface area contributed by atoms with E-state index in [4.69, 9.17) is 4.74 Å². The summed E-state index contributed by atoms with van der Waals surface area (Å²) in [6, 6.07) is 0. The number of ether oxygens (including phenoxy) is 1. The highest BCUT2D eigenvalue weighted by molar-refractivity contribution is 7.92. The quantitative estimate of drug-likeness (QED) is 0.720. The fourth-order valence-corrected chi connectivity index (χ4v) is 3.54. The zero-order chi connectivity index (χ0) is 15.6. The van der Waals surface area contributed by atoms with Gasteiger partial charge in [0.05, 0.1) is 18.5 Å². The average molecular weight is 312 g/mol. The number of hydrogen-bond acceptors (Lipinski definition) is 5. The van der Waals surface area contributed by atoms with E-state index < -0.39 is 16.0 Å². The number of esters is 1. The minimum absolute atomic E-state index is 0.0340. The first-order valence-electron chi connectivity index (χ1n) is 6.24. The van der Waals surface area contributed by atoms with E-state index in [1.54, 1.807) is 20.8 Å². The van der Waals surface area contributed by atoms with Crippen LogP contribution in [0.2, 0.25) is 0 Å². The van der Waals surface area contributed by atoms with E-state index in [-0.39, 0.29) is 17.2 Å². The molecule has 3 N–H and O–H groups in total. The SMILES string of the molecule is CCOC(=O)c1[nH]c(C)c(S(=O)(=O)Nc2cn[nH]c2)c1C. The average Bonchev–Trinajstić information content (AvgIpc) is 2.97. The van der Waals surface area contributed by atoms with Crippen LogP contribution >= 0.6 is 0 Å². The van der Waals surface area contributed by atoms with E-state index in [9.17, 15) is 13.2 Å². The lowest BCUT2D eigenvalue weighted by molar-refractivity contribution is 0.0519. The van der Waals surface area contributed by atoms with Gasteiger partial charge in [0, 0.05) is 17.5 Å². The first kappa shape index (κ1) is 15.1. The van der Waals surface area contributed by atoms with Crippen molar-refractivity contribution in [3.05, 3.63) is 29.3 Å². The van der Waals surface area contributed by atoms with Crippen LogP contribution in [0.15, 0.2) is 17.3 Å². The van der Waals surface area contributed by atoms with Crippen LogP contribution in [0.3, 0.4) is 0 Å². The molecule has 8 nitrogen and oxygen atoms in total. The van der Waals surface area contributed by atoms with Crippen LogP contribution in [-0.4, -0.2) is 36.2 Å². The van der Waals surface area contributed by atoms with Crippen LogP contribution in [0.5, 0.6) is 0 Å². The molecule has 0 saturated heterocycles. The molecule has 9 heteroatoms. The highest BCUT2D eigenvalue weighted by atomic mass is 32.2. The number of rotatable bonds is 5. The van der Waals surface area contributed by atoms with E-state index in [0.717, 1.165) is 0 Å². The predicted octanol–water partition coefficient (Wildman–Crippen LogP) is 1.33. The number of aromatic amines is 2. The summed E-state index contributed by atoms with van der Waals surface area (Å²) in [6.07, 6.45) is 2.77. The maximum Gasteiger partial charge on any atom is 0.355 e. The van der Waals surface area contributed by atoms with Crippen LogP contribution in [0.4, 0.5) is 5.69 Å². The number of hydrogen-bond donors (Lipinski definition) is 3. The summed E-state index contributed by atoms with van der Waals surface area (Å²) >= 11 is 0. The molecule has 2 aromatic heterocycles. The Hall–Kier alpha value is -2.29. The Balaban J connectivity index is 2.42. The van der Waals surface area contributed by atoms with E-state index in [2.05, 4.69) is 19.9 Å². The monoisotopic (exact) mass is 312 g/mol. The van der Waals surface area contributed by atoms with Gasteiger partial charge in [-0.1, -0.05) is 0 Å². The Morgan fingerprint density at radius 2 is 2.14 bits per heavy atom. The molecular weight excluding hydrogens is 296 g/mol. The molecular formula is C12H16N4O4S. The van der Waals surface area contributed by atoms with Crippen LogP contribution in [-0.2, 0) is 14.8 Å². The minimum atomic E-state index is -3.82. The number of carbonyl (C=O) groups is 1. The van der Waals surface area contributed by atoms with Gasteiger partial charge in [0.2, 0.25) is 0 Å². The van der Waals surface area contributed by atoms with Crippen molar-refractivity contribution < 1.29 is 17.9 Å². The molecule has 0 saturated carbocycles. The zero-order valence-corrected chi connectivity index (χ0v) is 12.7. The lowest BCUT2D eigenvalue weighted by Crippen LogP contribution is -2.14. The van der Waals surface area contributed by atoms with Gasteiger partial charge in [-0.3, -0.25) is 9.82 Å². The first-order chi connectivity index (χ1) is 9.86. The van der Waals surface area contributed by atoms with Crippen molar-refractivity contribution in [2.24, 2.45) is 0 Å². The van der Waals surface area contributed by atoms with Crippen molar-refractivity contribution in [2.75, 3.05) is 11.3 Å². The summed E-state index contributed by atoms with van der Waals surface area (Å²) in [7, 11) is -3.82. The summed E-state index contributed by atoms with van der Waals surface area (Å²) in [5, 5.41) is 6.18. The van der Waals surface area contributed by atoms with Gasteiger partial charge >= 0.3 is 5.97 Å². The summed E-state index contributed by atoms with van der Waals surface area (Å²) in [4.78, 5) is 14.6. The maximum atomic E-state index is 12.4. The van der Waals surface area contributed by atoms with Gasteiger partial charge in [0.25, 0.3) is 10.0 Å². The second-order valence-corrected chi connectivity index (χ2v) is 6.01. The highest BCUT2D eigenvalue weighted by Gasteiger charge is 2.27. The molecule has 0 spiro atoms. The summed E-state index contributed by atoms with van der Waals surface area (Å²) in [6.45, 7) is 5.03. The van der Waals surface area contributed by atoms with Gasteiger partial charge in [-0.15, -0.1) is 0 Å². The number of anilines is 1. The van der Waals surface area contributed by atoms with Gasteiger partial charge in [0.1, 0.15) is 10.6 Å². The number of H-pyrrole nitrogens is 2. The molecule has 0 aromatic carbocycles. The summed E-state index contributed by atoms with van der Waals surface area (Å²) < 4.78 is 32.1. The van der Waals surface area contributed by atoms with Crippen molar-refractivity contribution in [1.29, 1.82) is 0 Å². The maximum absolute atomic E-state index is 12.4. The lowest BCUT2D eigenvalue weighted by atomic mass is 10.2. The van der Waals surface area contributed by atoms with Crippen molar-refractivity contribution >= 4 is 21.7 Å². The van der Waals surface area contributed by atoms with Crippen LogP contribution in [0, 0.1) is 13.8 Å². The van der Waals surface area contributed by atoms with Crippen LogP contribution in [0.1, 0.15) is 28.7 Å². The summed E-state index contributed by atoms with van der Waals surface area (Å²) in [5.74, 6) is -0.581. The number of aryl methyl sites for hydroxylation is 1. The highest BCUT2D eigenvalue weighted by Crippen LogP contribution is 2.25. The largest absolute Gasteiger partial charge is 0.461 e. The third kappa shape index (κ3) is 2.92. The minimum Gasteiger partial charge on any atom is -0.461 e. The van der Waals surface area contributed by atoms with Crippen molar-refractivity contribution in [2.45, 2.75) is 25.7 Å². The molecule has 2 heterocycles. The van der Waals surface area contributed by atoms with E-state index >= 15 is 0 Å². The molecule has 0 radical (unpaired) electrons. The second-order valence-electron chi connectivity index (χ2n) is 4.39. The number of nitrogens with one attached hydrogen (secondary N) is 3. The lowest BCUT2D eigenvalue weighted by Gasteiger charge is -2.06. The van der Waals surface area contributed by atoms with Crippen molar-refractivity contribution in [1.82, 2.24) is 15.2 Å². The Kier molecular flexibility index (Phi) is 4.03. The molecule has 2 rings (SSSR count). The van der Waals surface area contributed by atoms with Crippen molar-refractivity contribution in [3.63, 3.8) is 0 Å². The smallest absolute Gasteiger partial charge is 0.355 e. The summed E-state index contributed by atoms with van der Waals surface area (Å²) in [5.41, 5.74) is 1.14. The van der Waals surface area contributed by atoms with Gasteiger partial charge in [-0.2, -0.15) is 5.10 Å². The fraction of sp³-hybridized carbons (Fsp3) is 0.333. The van der Waals surface area contributed by atoms with Crippen LogP contribution < -0.4 is 4.72 Å². The van der Waals surface area contributed by atoms with E-state index in [0.29, 0.717) is 16.9 Å². The molecule has 0 unspecified atom stereocenters. The molecule has 0 amide bonds. The Morgan fingerprint density at radius 1 is 1.43 bits per heavy atom. The number of aromatic nitrogens is 3. The number of nitrogens with zero attached hydrogens (tertiary/aromatic N) is 1. The molecule has 2 aromatic rings. The molecule has 114 valence electrons. The number of sulfonamides is 1. The van der Waals surface area contributed by atoms with Gasteiger partial charge in [-0.25, -0.2) is 13.2 Å². The Morgan fingerprint density at radius 3 is 2.71 bits per heavy atom. The van der Waals surface area contributed by atoms with Crippen molar-refractivity contribution in [3.8, 4) is 0 Å². The number of carbonyl (C=O) groups excluding carboxylic acids is 1. The molecule has 0 aliphatic carbocycles. The Labute approximate surface area is 122 Å². The zero-order valence-electron chi connectivity index (χ0n) is 11.9. The standard InChI is InChI=1S/C12H16N4O4S/c1-4-20-12(17)10-7(2)11(8(3)15-10)21(18,19)16-9-5-13-14-6-9/h5-6,15-16H,4H2,1-3H3,(H,13,14). The molecule has 0 bridgehead atoms.